The van der Waals surface area contributed by atoms with Crippen LogP contribution in [0, 0.1) is 13.8 Å². The van der Waals surface area contributed by atoms with Crippen molar-refractivity contribution in [2.45, 2.75) is 38.1 Å². The molecule has 1 fully saturated rings. The number of likely N-dealkylation sites (tertiary alicyclic amines) is 1. The van der Waals surface area contributed by atoms with E-state index in [-0.39, 0.29) is 22.9 Å². The van der Waals surface area contributed by atoms with Crippen molar-refractivity contribution < 1.29 is 17.6 Å². The first kappa shape index (κ1) is 17.8. The van der Waals surface area contributed by atoms with Gasteiger partial charge in [-0.25, -0.2) is 13.1 Å². The van der Waals surface area contributed by atoms with E-state index in [1.54, 1.807) is 42.5 Å². The number of nitrogens with one attached hydrogen (secondary N) is 1. The van der Waals surface area contributed by atoms with E-state index in [0.29, 0.717) is 30.2 Å². The van der Waals surface area contributed by atoms with Crippen LogP contribution in [-0.2, 0) is 23.6 Å². The molecule has 2 aromatic heterocycles. The zero-order valence-electron chi connectivity index (χ0n) is 14.7. The Bertz CT molecular complexity index is 876. The Hall–Kier alpha value is -2.06. The van der Waals surface area contributed by atoms with Gasteiger partial charge in [0.2, 0.25) is 10.0 Å². The maximum absolute atomic E-state index is 12.9. The van der Waals surface area contributed by atoms with E-state index in [1.165, 1.54) is 6.26 Å². The van der Waals surface area contributed by atoms with Crippen LogP contribution in [0.4, 0.5) is 0 Å². The SMILES string of the molecule is Cc1c(C(=O)N2CCCC2)c(S(=O)(=O)NCc2ccco2)c(C)n1C. The van der Waals surface area contributed by atoms with Crippen molar-refractivity contribution in [3.63, 3.8) is 0 Å². The molecule has 0 bridgehead atoms. The van der Waals surface area contributed by atoms with Crippen molar-refractivity contribution >= 4 is 15.9 Å². The van der Waals surface area contributed by atoms with Crippen LogP contribution >= 0.6 is 0 Å². The predicted molar refractivity (Wildman–Crippen MR) is 92.8 cm³/mol. The molecule has 0 saturated carbocycles. The number of sulfonamides is 1. The lowest BCUT2D eigenvalue weighted by Gasteiger charge is -2.16. The van der Waals surface area contributed by atoms with Crippen molar-refractivity contribution in [1.29, 1.82) is 0 Å². The average molecular weight is 365 g/mol. The highest BCUT2D eigenvalue weighted by atomic mass is 32.2. The van der Waals surface area contributed by atoms with Gasteiger partial charge >= 0.3 is 0 Å². The topological polar surface area (TPSA) is 84.6 Å². The van der Waals surface area contributed by atoms with Gasteiger partial charge in [-0.15, -0.1) is 0 Å². The van der Waals surface area contributed by atoms with E-state index in [1.807, 2.05) is 0 Å². The molecule has 25 heavy (non-hydrogen) atoms. The summed E-state index contributed by atoms with van der Waals surface area (Å²) in [7, 11) is -2.08. The molecule has 136 valence electrons. The first-order chi connectivity index (χ1) is 11.8. The van der Waals surface area contributed by atoms with E-state index in [2.05, 4.69) is 4.72 Å². The second-order valence-corrected chi connectivity index (χ2v) is 8.04. The summed E-state index contributed by atoms with van der Waals surface area (Å²) < 4.78 is 35.3. The van der Waals surface area contributed by atoms with Gasteiger partial charge in [-0.1, -0.05) is 0 Å². The van der Waals surface area contributed by atoms with Crippen LogP contribution in [0.15, 0.2) is 27.7 Å². The number of hydrogen-bond donors (Lipinski definition) is 1. The summed E-state index contributed by atoms with van der Waals surface area (Å²) in [5.41, 5.74) is 1.48. The first-order valence-electron chi connectivity index (χ1n) is 8.30. The van der Waals surface area contributed by atoms with Crippen LogP contribution in [0.1, 0.15) is 40.3 Å². The van der Waals surface area contributed by atoms with Crippen LogP contribution in [0.3, 0.4) is 0 Å². The Morgan fingerprint density at radius 2 is 1.92 bits per heavy atom. The van der Waals surface area contributed by atoms with Crippen molar-refractivity contribution in [3.8, 4) is 0 Å². The monoisotopic (exact) mass is 365 g/mol. The number of nitrogens with zero attached hydrogens (tertiary/aromatic N) is 2. The summed E-state index contributed by atoms with van der Waals surface area (Å²) in [6.45, 7) is 4.88. The van der Waals surface area contributed by atoms with Gasteiger partial charge < -0.3 is 13.9 Å². The smallest absolute Gasteiger partial charge is 0.257 e. The minimum absolute atomic E-state index is 0.0417. The summed E-state index contributed by atoms with van der Waals surface area (Å²) in [4.78, 5) is 14.7. The van der Waals surface area contributed by atoms with Gasteiger partial charge in [0.1, 0.15) is 10.7 Å². The fraction of sp³-hybridized carbons (Fsp3) is 0.471. The number of carbonyl (C=O) groups excluding carboxylic acids is 1. The molecule has 1 saturated heterocycles. The summed E-state index contributed by atoms with van der Waals surface area (Å²) in [6, 6.07) is 3.39. The zero-order chi connectivity index (χ0) is 18.2. The molecule has 7 nitrogen and oxygen atoms in total. The third kappa shape index (κ3) is 3.23. The normalized spacial score (nSPS) is 15.1. The third-order valence-corrected chi connectivity index (χ3v) is 6.38. The van der Waals surface area contributed by atoms with Gasteiger partial charge in [0.15, 0.2) is 0 Å². The molecule has 3 rings (SSSR count). The van der Waals surface area contributed by atoms with Crippen LogP contribution < -0.4 is 4.72 Å². The highest BCUT2D eigenvalue weighted by Crippen LogP contribution is 2.28. The molecule has 0 spiro atoms. The maximum atomic E-state index is 12.9. The summed E-state index contributed by atoms with van der Waals surface area (Å²) in [6.07, 6.45) is 3.40. The molecule has 0 aromatic carbocycles. The van der Waals surface area contributed by atoms with Gasteiger partial charge in [-0.2, -0.15) is 0 Å². The average Bonchev–Trinajstić information content (AvgIpc) is 3.31. The quantitative estimate of drug-likeness (QED) is 0.878. The van der Waals surface area contributed by atoms with E-state index in [0.717, 1.165) is 12.8 Å². The second kappa shape index (κ2) is 6.68. The fourth-order valence-electron chi connectivity index (χ4n) is 3.23. The Morgan fingerprint density at radius 1 is 1.24 bits per heavy atom. The van der Waals surface area contributed by atoms with Crippen molar-refractivity contribution in [2.75, 3.05) is 13.1 Å². The number of aromatic nitrogens is 1. The van der Waals surface area contributed by atoms with Crippen molar-refractivity contribution in [3.05, 3.63) is 41.1 Å². The minimum atomic E-state index is -3.85. The number of rotatable bonds is 5. The predicted octanol–water partition coefficient (Wildman–Crippen LogP) is 1.95. The van der Waals surface area contributed by atoms with Gasteiger partial charge in [0, 0.05) is 31.5 Å². The molecule has 2 aromatic rings. The zero-order valence-corrected chi connectivity index (χ0v) is 15.5. The van der Waals surface area contributed by atoms with Crippen LogP contribution in [0.25, 0.3) is 0 Å². The van der Waals surface area contributed by atoms with Gasteiger partial charge in [-0.05, 0) is 38.8 Å². The maximum Gasteiger partial charge on any atom is 0.257 e. The van der Waals surface area contributed by atoms with Gasteiger partial charge in [0.05, 0.1) is 18.4 Å². The van der Waals surface area contributed by atoms with Gasteiger partial charge in [0.25, 0.3) is 5.91 Å². The standard InChI is InChI=1S/C17H23N3O4S/c1-12-15(17(21)20-8-4-5-9-20)16(13(2)19(12)3)25(22,23)18-11-14-7-6-10-24-14/h6-7,10,18H,4-5,8-9,11H2,1-3H3. The van der Waals surface area contributed by atoms with E-state index in [9.17, 15) is 13.2 Å². The molecule has 1 aliphatic rings. The molecular weight excluding hydrogens is 342 g/mol. The lowest BCUT2D eigenvalue weighted by Crippen LogP contribution is -2.31. The molecule has 3 heterocycles. The second-order valence-electron chi connectivity index (χ2n) is 6.34. The van der Waals surface area contributed by atoms with E-state index in [4.69, 9.17) is 4.42 Å². The number of furan rings is 1. The summed E-state index contributed by atoms with van der Waals surface area (Å²) >= 11 is 0. The largest absolute Gasteiger partial charge is 0.468 e. The van der Waals surface area contributed by atoms with Crippen LogP contribution in [-0.4, -0.2) is 36.9 Å². The number of amides is 1. The minimum Gasteiger partial charge on any atom is -0.468 e. The Balaban J connectivity index is 1.99. The molecule has 0 unspecified atom stereocenters. The first-order valence-corrected chi connectivity index (χ1v) is 9.78. The molecular formula is C17H23N3O4S. The molecule has 0 radical (unpaired) electrons. The molecule has 1 N–H and O–H groups in total. The van der Waals surface area contributed by atoms with E-state index >= 15 is 0 Å². The van der Waals surface area contributed by atoms with Crippen LogP contribution in [0.2, 0.25) is 0 Å². The lowest BCUT2D eigenvalue weighted by molar-refractivity contribution is 0.0788. The Morgan fingerprint density at radius 3 is 2.52 bits per heavy atom. The lowest BCUT2D eigenvalue weighted by atomic mass is 10.2. The summed E-state index contributed by atoms with van der Waals surface area (Å²) in [5.74, 6) is 0.304. The van der Waals surface area contributed by atoms with Crippen molar-refractivity contribution in [1.82, 2.24) is 14.2 Å². The third-order valence-electron chi connectivity index (χ3n) is 4.82. The van der Waals surface area contributed by atoms with E-state index < -0.39 is 10.0 Å². The van der Waals surface area contributed by atoms with Crippen molar-refractivity contribution in [2.24, 2.45) is 7.05 Å². The highest BCUT2D eigenvalue weighted by Gasteiger charge is 2.33. The molecule has 0 aliphatic carbocycles. The summed E-state index contributed by atoms with van der Waals surface area (Å²) in [5, 5.41) is 0. The van der Waals surface area contributed by atoms with Gasteiger partial charge in [-0.3, -0.25) is 4.79 Å². The molecule has 8 heteroatoms. The number of hydrogen-bond acceptors (Lipinski definition) is 4. The highest BCUT2D eigenvalue weighted by molar-refractivity contribution is 7.89. The molecule has 1 amide bonds. The Labute approximate surface area is 147 Å². The Kier molecular flexibility index (Phi) is 4.75. The van der Waals surface area contributed by atoms with Crippen LogP contribution in [0.5, 0.6) is 0 Å². The number of carbonyl (C=O) groups is 1. The molecule has 0 atom stereocenters. The molecule has 1 aliphatic heterocycles. The fourth-order valence-corrected chi connectivity index (χ4v) is 4.73.